The molecule has 23 heavy (non-hydrogen) atoms. The summed E-state index contributed by atoms with van der Waals surface area (Å²) in [7, 11) is 1.88. The number of carbonyl (C=O) groups excluding carboxylic acids is 1. The molecule has 0 fully saturated rings. The van der Waals surface area contributed by atoms with Gasteiger partial charge in [0.2, 0.25) is 0 Å². The minimum Gasteiger partial charge on any atom is -0.352 e. The molecule has 3 rings (SSSR count). The summed E-state index contributed by atoms with van der Waals surface area (Å²) in [6, 6.07) is 1.77. The first-order valence-corrected chi connectivity index (χ1v) is 7.62. The van der Waals surface area contributed by atoms with Crippen LogP contribution in [0.4, 0.5) is 0 Å². The van der Waals surface area contributed by atoms with Crippen LogP contribution in [0.15, 0.2) is 18.6 Å². The van der Waals surface area contributed by atoms with Crippen LogP contribution in [0.1, 0.15) is 33.7 Å². The van der Waals surface area contributed by atoms with Gasteiger partial charge in [0.15, 0.2) is 5.65 Å². The number of aromatic amines is 1. The van der Waals surface area contributed by atoms with E-state index in [2.05, 4.69) is 25.5 Å². The summed E-state index contributed by atoms with van der Waals surface area (Å²) in [6.45, 7) is 4.62. The molecule has 0 unspecified atom stereocenters. The molecule has 0 radical (unpaired) electrons. The summed E-state index contributed by atoms with van der Waals surface area (Å²) in [4.78, 5) is 20.7. The number of rotatable bonds is 5. The number of H-pyrrole nitrogens is 1. The van der Waals surface area contributed by atoms with Gasteiger partial charge in [-0.2, -0.15) is 5.10 Å². The zero-order valence-corrected chi connectivity index (χ0v) is 13.6. The normalized spacial score (nSPS) is 11.1. The maximum absolute atomic E-state index is 12.2. The van der Waals surface area contributed by atoms with Gasteiger partial charge in [-0.15, -0.1) is 0 Å². The van der Waals surface area contributed by atoms with Crippen LogP contribution in [-0.4, -0.2) is 37.2 Å². The van der Waals surface area contributed by atoms with Crippen molar-refractivity contribution in [3.63, 3.8) is 0 Å². The van der Waals surface area contributed by atoms with Gasteiger partial charge < -0.3 is 9.88 Å². The lowest BCUT2D eigenvalue weighted by atomic mass is 10.1. The van der Waals surface area contributed by atoms with Crippen LogP contribution >= 0.6 is 0 Å². The van der Waals surface area contributed by atoms with Gasteiger partial charge in [0.25, 0.3) is 5.91 Å². The van der Waals surface area contributed by atoms with Gasteiger partial charge in [0.05, 0.1) is 17.6 Å². The number of carbonyl (C=O) groups is 1. The van der Waals surface area contributed by atoms with Crippen LogP contribution in [0.25, 0.3) is 11.2 Å². The summed E-state index contributed by atoms with van der Waals surface area (Å²) >= 11 is 0. The molecule has 2 N–H and O–H groups in total. The third-order valence-corrected chi connectivity index (χ3v) is 3.98. The largest absolute Gasteiger partial charge is 0.352 e. The molecule has 3 aromatic heterocycles. The van der Waals surface area contributed by atoms with E-state index >= 15 is 0 Å². The molecule has 120 valence electrons. The lowest BCUT2D eigenvalue weighted by Crippen LogP contribution is -2.25. The third kappa shape index (κ3) is 3.08. The standard InChI is InChI=1S/C16H20N6O/c1-10-13(11(2)21-20-10)5-4-6-17-16(23)12-7-14-15(18-8-12)22(3)9-19-14/h7-9H,4-6H2,1-3H3,(H,17,23)(H,20,21). The number of nitrogens with zero attached hydrogens (tertiary/aromatic N) is 4. The molecule has 0 aliphatic rings. The smallest absolute Gasteiger partial charge is 0.252 e. The molecule has 0 spiro atoms. The Morgan fingerprint density at radius 3 is 2.91 bits per heavy atom. The van der Waals surface area contributed by atoms with Crippen LogP contribution in [-0.2, 0) is 13.5 Å². The number of hydrogen-bond acceptors (Lipinski definition) is 4. The van der Waals surface area contributed by atoms with Crippen LogP contribution in [0, 0.1) is 13.8 Å². The van der Waals surface area contributed by atoms with Crippen molar-refractivity contribution in [2.75, 3.05) is 6.54 Å². The number of hydrogen-bond donors (Lipinski definition) is 2. The molecular weight excluding hydrogens is 292 g/mol. The van der Waals surface area contributed by atoms with E-state index in [4.69, 9.17) is 0 Å². The summed E-state index contributed by atoms with van der Waals surface area (Å²) in [5.74, 6) is -0.120. The zero-order valence-electron chi connectivity index (χ0n) is 13.6. The van der Waals surface area contributed by atoms with E-state index in [0.717, 1.165) is 35.4 Å². The molecule has 0 aromatic carbocycles. The van der Waals surface area contributed by atoms with Gasteiger partial charge in [-0.3, -0.25) is 9.89 Å². The molecule has 0 bridgehead atoms. The Labute approximate surface area is 134 Å². The average molecular weight is 312 g/mol. The maximum Gasteiger partial charge on any atom is 0.252 e. The average Bonchev–Trinajstić information content (AvgIpc) is 3.07. The van der Waals surface area contributed by atoms with E-state index in [1.165, 1.54) is 5.56 Å². The number of aryl methyl sites for hydroxylation is 3. The second kappa shape index (κ2) is 6.20. The van der Waals surface area contributed by atoms with E-state index in [0.29, 0.717) is 12.1 Å². The predicted octanol–water partition coefficient (Wildman–Crippen LogP) is 1.67. The Morgan fingerprint density at radius 1 is 1.35 bits per heavy atom. The molecule has 0 saturated heterocycles. The fraction of sp³-hybridized carbons (Fsp3) is 0.375. The Balaban J connectivity index is 1.56. The molecular formula is C16H20N6O. The second-order valence-electron chi connectivity index (χ2n) is 5.69. The van der Waals surface area contributed by atoms with Gasteiger partial charge in [-0.05, 0) is 38.3 Å². The van der Waals surface area contributed by atoms with Crippen molar-refractivity contribution in [2.45, 2.75) is 26.7 Å². The van der Waals surface area contributed by atoms with Crippen LogP contribution in [0.5, 0.6) is 0 Å². The topological polar surface area (TPSA) is 88.5 Å². The van der Waals surface area contributed by atoms with E-state index in [-0.39, 0.29) is 5.91 Å². The van der Waals surface area contributed by atoms with E-state index in [1.807, 2.05) is 25.5 Å². The molecule has 3 aromatic rings. The fourth-order valence-corrected chi connectivity index (χ4v) is 2.65. The van der Waals surface area contributed by atoms with Gasteiger partial charge in [-0.1, -0.05) is 0 Å². The van der Waals surface area contributed by atoms with Gasteiger partial charge in [0.1, 0.15) is 5.52 Å². The Kier molecular flexibility index (Phi) is 4.10. The van der Waals surface area contributed by atoms with Crippen LogP contribution in [0.3, 0.4) is 0 Å². The van der Waals surface area contributed by atoms with Crippen LogP contribution < -0.4 is 5.32 Å². The first-order valence-electron chi connectivity index (χ1n) is 7.62. The first kappa shape index (κ1) is 15.2. The van der Waals surface area contributed by atoms with Crippen molar-refractivity contribution >= 4 is 17.1 Å². The summed E-state index contributed by atoms with van der Waals surface area (Å²) in [6.07, 6.45) is 5.04. The molecule has 0 aliphatic heterocycles. The highest BCUT2D eigenvalue weighted by atomic mass is 16.1. The summed E-state index contributed by atoms with van der Waals surface area (Å²) < 4.78 is 1.83. The number of aromatic nitrogens is 5. The number of imidazole rings is 1. The monoisotopic (exact) mass is 312 g/mol. The number of nitrogens with one attached hydrogen (secondary N) is 2. The van der Waals surface area contributed by atoms with Crippen molar-refractivity contribution in [3.8, 4) is 0 Å². The number of amides is 1. The van der Waals surface area contributed by atoms with E-state index < -0.39 is 0 Å². The van der Waals surface area contributed by atoms with Crippen molar-refractivity contribution < 1.29 is 4.79 Å². The Hall–Kier alpha value is -2.70. The van der Waals surface area contributed by atoms with Crippen LogP contribution in [0.2, 0.25) is 0 Å². The van der Waals surface area contributed by atoms with Crippen molar-refractivity contribution in [1.82, 2.24) is 30.0 Å². The minimum atomic E-state index is -0.120. The number of pyridine rings is 1. The summed E-state index contributed by atoms with van der Waals surface area (Å²) in [5.41, 5.74) is 5.39. The molecule has 1 amide bonds. The van der Waals surface area contributed by atoms with E-state index in [1.54, 1.807) is 18.6 Å². The van der Waals surface area contributed by atoms with Crippen molar-refractivity contribution in [2.24, 2.45) is 7.05 Å². The molecule has 0 atom stereocenters. The second-order valence-corrected chi connectivity index (χ2v) is 5.69. The Morgan fingerprint density at radius 2 is 2.17 bits per heavy atom. The highest BCUT2D eigenvalue weighted by Crippen LogP contribution is 2.12. The predicted molar refractivity (Wildman–Crippen MR) is 87.2 cm³/mol. The third-order valence-electron chi connectivity index (χ3n) is 3.98. The lowest BCUT2D eigenvalue weighted by molar-refractivity contribution is 0.0953. The molecule has 7 heteroatoms. The Bertz CT molecular complexity index is 828. The fourth-order valence-electron chi connectivity index (χ4n) is 2.65. The highest BCUT2D eigenvalue weighted by Gasteiger charge is 2.10. The minimum absolute atomic E-state index is 0.120. The van der Waals surface area contributed by atoms with E-state index in [9.17, 15) is 4.79 Å². The molecule has 7 nitrogen and oxygen atoms in total. The van der Waals surface area contributed by atoms with Gasteiger partial charge >= 0.3 is 0 Å². The molecule has 0 saturated carbocycles. The first-order chi connectivity index (χ1) is 11.1. The molecule has 0 aliphatic carbocycles. The quantitative estimate of drug-likeness (QED) is 0.701. The highest BCUT2D eigenvalue weighted by molar-refractivity contribution is 5.96. The van der Waals surface area contributed by atoms with Crippen molar-refractivity contribution in [3.05, 3.63) is 41.1 Å². The zero-order chi connectivity index (χ0) is 16.4. The van der Waals surface area contributed by atoms with Crippen molar-refractivity contribution in [1.29, 1.82) is 0 Å². The van der Waals surface area contributed by atoms with Gasteiger partial charge in [0, 0.05) is 25.5 Å². The maximum atomic E-state index is 12.2. The lowest BCUT2D eigenvalue weighted by Gasteiger charge is -2.05. The summed E-state index contributed by atoms with van der Waals surface area (Å²) in [5, 5.41) is 10.1. The molecule has 3 heterocycles. The SMILES string of the molecule is Cc1n[nH]c(C)c1CCCNC(=O)c1cnc2c(c1)ncn2C. The number of fused-ring (bicyclic) bond motifs is 1. The van der Waals surface area contributed by atoms with Gasteiger partial charge in [-0.25, -0.2) is 9.97 Å².